The van der Waals surface area contributed by atoms with Crippen molar-refractivity contribution in [3.63, 3.8) is 0 Å². The second kappa shape index (κ2) is 9.86. The van der Waals surface area contributed by atoms with Gasteiger partial charge in [-0.15, -0.1) is 0 Å². The van der Waals surface area contributed by atoms with E-state index >= 15 is 0 Å². The topological polar surface area (TPSA) is 186 Å². The van der Waals surface area contributed by atoms with Crippen LogP contribution in [0.25, 0.3) is 11.1 Å². The van der Waals surface area contributed by atoms with Gasteiger partial charge in [0.2, 0.25) is 36.7 Å². The van der Waals surface area contributed by atoms with Gasteiger partial charge in [-0.3, -0.25) is 19.2 Å². The standard InChI is InChI=1S/C30H18O12/c31-19-7-15(17(9-21(19)33)29(37)27(35)13-1-3-23-25(5-13)41-11-39-23)16-8-20(32)22(34)10-18(16)30(38)28(36)14-2-4-24-26(6-14)42-12-40-24/h1-10,31-34H,11-12H2. The molecule has 0 amide bonds. The lowest BCUT2D eigenvalue weighted by Crippen LogP contribution is -2.18. The Hall–Kier alpha value is -6.04. The molecule has 2 aliphatic heterocycles. The van der Waals surface area contributed by atoms with Crippen LogP contribution in [0.4, 0.5) is 0 Å². The third kappa shape index (κ3) is 4.36. The van der Waals surface area contributed by atoms with Crippen molar-refractivity contribution in [2.45, 2.75) is 0 Å². The molecule has 0 aliphatic carbocycles. The van der Waals surface area contributed by atoms with E-state index in [1.54, 1.807) is 0 Å². The van der Waals surface area contributed by atoms with Gasteiger partial charge in [0, 0.05) is 22.3 Å². The van der Waals surface area contributed by atoms with Gasteiger partial charge in [0.1, 0.15) is 0 Å². The number of phenolic OH excluding ortho intramolecular Hbond substituents is 4. The first-order valence-electron chi connectivity index (χ1n) is 12.2. The summed E-state index contributed by atoms with van der Waals surface area (Å²) in [5, 5.41) is 41.0. The minimum atomic E-state index is -1.16. The molecule has 6 rings (SSSR count). The van der Waals surface area contributed by atoms with Gasteiger partial charge >= 0.3 is 0 Å². The van der Waals surface area contributed by atoms with E-state index in [1.807, 2.05) is 0 Å². The van der Waals surface area contributed by atoms with Crippen molar-refractivity contribution in [1.29, 1.82) is 0 Å². The first-order chi connectivity index (χ1) is 20.1. The molecule has 42 heavy (non-hydrogen) atoms. The van der Waals surface area contributed by atoms with Crippen molar-refractivity contribution in [2.24, 2.45) is 0 Å². The number of aromatic hydroxyl groups is 4. The van der Waals surface area contributed by atoms with Gasteiger partial charge in [0.15, 0.2) is 46.0 Å². The lowest BCUT2D eigenvalue weighted by molar-refractivity contribution is 0.0816. The maximum absolute atomic E-state index is 13.5. The fraction of sp³-hybridized carbons (Fsp3) is 0.0667. The molecule has 4 aromatic carbocycles. The molecule has 0 radical (unpaired) electrons. The maximum atomic E-state index is 13.5. The summed E-state index contributed by atoms with van der Waals surface area (Å²) in [5.74, 6) is -6.15. The summed E-state index contributed by atoms with van der Waals surface area (Å²) in [4.78, 5) is 53.4. The van der Waals surface area contributed by atoms with Crippen LogP contribution >= 0.6 is 0 Å². The second-order valence-corrected chi connectivity index (χ2v) is 9.23. The number of carbonyl (C=O) groups is 4. The molecule has 210 valence electrons. The van der Waals surface area contributed by atoms with Gasteiger partial charge in [-0.25, -0.2) is 0 Å². The van der Waals surface area contributed by atoms with E-state index in [0.717, 1.165) is 24.3 Å². The zero-order valence-electron chi connectivity index (χ0n) is 21.2. The van der Waals surface area contributed by atoms with Crippen LogP contribution in [-0.2, 0) is 0 Å². The first-order valence-corrected chi connectivity index (χ1v) is 12.2. The van der Waals surface area contributed by atoms with E-state index < -0.39 is 57.3 Å². The molecule has 4 N–H and O–H groups in total. The van der Waals surface area contributed by atoms with Gasteiger partial charge in [-0.2, -0.15) is 0 Å². The lowest BCUT2D eigenvalue weighted by atomic mass is 9.87. The van der Waals surface area contributed by atoms with Gasteiger partial charge in [-0.1, -0.05) is 0 Å². The number of fused-ring (bicyclic) bond motifs is 2. The molecule has 0 saturated carbocycles. The third-order valence-electron chi connectivity index (χ3n) is 6.69. The summed E-state index contributed by atoms with van der Waals surface area (Å²) < 4.78 is 21.0. The minimum absolute atomic E-state index is 0.0664. The molecule has 0 bridgehead atoms. The minimum Gasteiger partial charge on any atom is -0.504 e. The number of rotatable bonds is 7. The molecular formula is C30H18O12. The van der Waals surface area contributed by atoms with Crippen LogP contribution < -0.4 is 18.9 Å². The Morgan fingerprint density at radius 2 is 0.810 bits per heavy atom. The summed E-state index contributed by atoms with van der Waals surface area (Å²) in [5.41, 5.74) is -1.68. The van der Waals surface area contributed by atoms with Crippen LogP contribution in [0, 0.1) is 0 Å². The van der Waals surface area contributed by atoms with Crippen LogP contribution in [0.2, 0.25) is 0 Å². The van der Waals surface area contributed by atoms with E-state index in [-0.39, 0.29) is 47.3 Å². The summed E-state index contributed by atoms with van der Waals surface area (Å²) >= 11 is 0. The van der Waals surface area contributed by atoms with Crippen LogP contribution in [0.15, 0.2) is 60.7 Å². The second-order valence-electron chi connectivity index (χ2n) is 9.23. The molecule has 12 nitrogen and oxygen atoms in total. The van der Waals surface area contributed by atoms with Gasteiger partial charge in [0.25, 0.3) is 0 Å². The summed E-state index contributed by atoms with van der Waals surface area (Å²) in [6, 6.07) is 11.6. The van der Waals surface area contributed by atoms with Crippen LogP contribution in [-0.4, -0.2) is 57.1 Å². The van der Waals surface area contributed by atoms with E-state index in [1.165, 1.54) is 36.4 Å². The number of hydrogen-bond acceptors (Lipinski definition) is 12. The number of benzene rings is 4. The average molecular weight is 570 g/mol. The van der Waals surface area contributed by atoms with Gasteiger partial charge < -0.3 is 39.4 Å². The smallest absolute Gasteiger partial charge is 0.234 e. The molecule has 0 aromatic heterocycles. The quantitative estimate of drug-likeness (QED) is 0.143. The van der Waals surface area contributed by atoms with E-state index in [2.05, 4.69) is 0 Å². The zero-order chi connectivity index (χ0) is 29.7. The highest BCUT2D eigenvalue weighted by atomic mass is 16.7. The first kappa shape index (κ1) is 26.2. The SMILES string of the molecule is O=C(C(=O)c1cc(O)c(O)cc1-c1cc(O)c(O)cc1C(=O)C(=O)c1ccc2c(c1)OCO2)c1ccc2c(c1)OCO2. The molecule has 0 atom stereocenters. The molecular weight excluding hydrogens is 552 g/mol. The van der Waals surface area contributed by atoms with Gasteiger partial charge in [-0.05, 0) is 71.8 Å². The van der Waals surface area contributed by atoms with E-state index in [0.29, 0.717) is 11.5 Å². The molecule has 12 heteroatoms. The fourth-order valence-corrected chi connectivity index (χ4v) is 4.56. The van der Waals surface area contributed by atoms with Crippen molar-refractivity contribution in [3.05, 3.63) is 82.9 Å². The number of hydrogen-bond donors (Lipinski definition) is 4. The van der Waals surface area contributed by atoms with Crippen molar-refractivity contribution in [2.75, 3.05) is 13.6 Å². The summed E-state index contributed by atoms with van der Waals surface area (Å²) in [6.45, 7) is -0.133. The Kier molecular flexibility index (Phi) is 6.15. The van der Waals surface area contributed by atoms with Crippen LogP contribution in [0.3, 0.4) is 0 Å². The Morgan fingerprint density at radius 1 is 0.452 bits per heavy atom. The summed E-state index contributed by atoms with van der Waals surface area (Å²) in [6.07, 6.45) is 0. The number of carbonyl (C=O) groups excluding carboxylic acids is 4. The normalized spacial score (nSPS) is 12.7. The van der Waals surface area contributed by atoms with Gasteiger partial charge in [0.05, 0.1) is 0 Å². The lowest BCUT2D eigenvalue weighted by Gasteiger charge is -2.15. The Bertz CT molecular complexity index is 1720. The zero-order valence-corrected chi connectivity index (χ0v) is 21.2. The summed E-state index contributed by atoms with van der Waals surface area (Å²) in [7, 11) is 0. The Balaban J connectivity index is 1.45. The number of ketones is 4. The fourth-order valence-electron chi connectivity index (χ4n) is 4.56. The van der Waals surface area contributed by atoms with Crippen molar-refractivity contribution in [1.82, 2.24) is 0 Å². The molecule has 0 unspecified atom stereocenters. The number of Topliss-reactive ketones (excluding diaryl/α,β-unsaturated/α-hetero) is 4. The predicted molar refractivity (Wildman–Crippen MR) is 141 cm³/mol. The van der Waals surface area contributed by atoms with Crippen LogP contribution in [0.5, 0.6) is 46.0 Å². The highest BCUT2D eigenvalue weighted by Gasteiger charge is 2.30. The molecule has 2 heterocycles. The van der Waals surface area contributed by atoms with E-state index in [9.17, 15) is 39.6 Å². The Labute approximate surface area is 235 Å². The average Bonchev–Trinajstić information content (AvgIpc) is 3.66. The predicted octanol–water partition coefficient (Wildman–Crippen LogP) is 3.76. The molecule has 0 saturated heterocycles. The monoisotopic (exact) mass is 570 g/mol. The Morgan fingerprint density at radius 3 is 1.21 bits per heavy atom. The third-order valence-corrected chi connectivity index (χ3v) is 6.69. The van der Waals surface area contributed by atoms with Crippen molar-refractivity contribution < 1.29 is 58.6 Å². The molecule has 0 fully saturated rings. The molecule has 0 spiro atoms. The van der Waals surface area contributed by atoms with E-state index in [4.69, 9.17) is 18.9 Å². The molecule has 2 aliphatic rings. The highest BCUT2D eigenvalue weighted by molar-refractivity contribution is 6.52. The largest absolute Gasteiger partial charge is 0.504 e. The molecule has 4 aromatic rings. The van der Waals surface area contributed by atoms with Crippen molar-refractivity contribution in [3.8, 4) is 57.1 Å². The van der Waals surface area contributed by atoms with Crippen LogP contribution in [0.1, 0.15) is 41.4 Å². The van der Waals surface area contributed by atoms with Crippen molar-refractivity contribution >= 4 is 23.1 Å². The number of ether oxygens (including phenoxy) is 4. The maximum Gasteiger partial charge on any atom is 0.234 e. The number of phenols is 4. The highest BCUT2D eigenvalue weighted by Crippen LogP contribution is 2.41.